The molecule has 0 unspecified atom stereocenters. The maximum absolute atomic E-state index is 10.4. The molecule has 2 aromatic heterocycles. The van der Waals surface area contributed by atoms with Crippen LogP contribution in [0, 0.1) is 18.3 Å². The van der Waals surface area contributed by atoms with E-state index >= 15 is 0 Å². The summed E-state index contributed by atoms with van der Waals surface area (Å²) in [4.78, 5) is 6.83. The number of halogens is 1. The molecular weight excluding hydrogens is 516 g/mol. The molecule has 0 aliphatic carbocycles. The van der Waals surface area contributed by atoms with E-state index in [1.807, 2.05) is 41.8 Å². The molecule has 0 aliphatic rings. The fourth-order valence-corrected chi connectivity index (χ4v) is 4.34. The Kier molecular flexibility index (Phi) is 8.82. The fraction of sp³-hybridized carbons (Fsp3) is 0.286. The highest BCUT2D eigenvalue weighted by atomic mass is 79.9. The second-order valence-electron chi connectivity index (χ2n) is 8.90. The monoisotopic (exact) mass is 544 g/mol. The topological polar surface area (TPSA) is 90.9 Å². The third kappa shape index (κ3) is 7.23. The van der Waals surface area contributed by atoms with Crippen LogP contribution in [0.25, 0.3) is 0 Å². The van der Waals surface area contributed by atoms with Crippen LogP contribution in [0.15, 0.2) is 71.5 Å². The van der Waals surface area contributed by atoms with Gasteiger partial charge in [0.05, 0.1) is 30.4 Å². The molecule has 0 fully saturated rings. The summed E-state index contributed by atoms with van der Waals surface area (Å²) in [7, 11) is 0. The summed E-state index contributed by atoms with van der Waals surface area (Å²) in [5, 5.41) is 28.0. The Morgan fingerprint density at radius 2 is 1.72 bits per heavy atom. The lowest BCUT2D eigenvalue weighted by Gasteiger charge is -2.22. The van der Waals surface area contributed by atoms with Gasteiger partial charge in [-0.05, 0) is 80.3 Å². The van der Waals surface area contributed by atoms with E-state index in [1.165, 1.54) is 5.56 Å². The number of aromatic nitrogens is 4. The fourth-order valence-electron chi connectivity index (χ4n) is 4.08. The van der Waals surface area contributed by atoms with Gasteiger partial charge in [-0.1, -0.05) is 40.2 Å². The minimum atomic E-state index is 0.208. The number of hydrogen-bond acceptors (Lipinski definition) is 6. The molecule has 0 amide bonds. The first-order chi connectivity index (χ1) is 17.5. The predicted molar refractivity (Wildman–Crippen MR) is 142 cm³/mol. The first-order valence-electron chi connectivity index (χ1n) is 12.0. The van der Waals surface area contributed by atoms with Crippen LogP contribution in [-0.2, 0) is 26.1 Å². The van der Waals surface area contributed by atoms with Crippen molar-refractivity contribution in [1.29, 1.82) is 5.26 Å². The van der Waals surface area contributed by atoms with E-state index in [2.05, 4.69) is 66.3 Å². The third-order valence-corrected chi connectivity index (χ3v) is 6.59. The van der Waals surface area contributed by atoms with E-state index in [9.17, 15) is 5.11 Å². The normalized spacial score (nSPS) is 11.1. The number of benzene rings is 2. The molecule has 4 aromatic rings. The van der Waals surface area contributed by atoms with Crippen LogP contribution in [0.1, 0.15) is 46.7 Å². The number of aryl methyl sites for hydroxylation is 2. The van der Waals surface area contributed by atoms with Crippen molar-refractivity contribution < 1.29 is 5.11 Å². The first-order valence-corrected chi connectivity index (χ1v) is 12.8. The Balaban J connectivity index is 1.44. The summed E-state index contributed by atoms with van der Waals surface area (Å²) < 4.78 is 3.12. The Morgan fingerprint density at radius 1 is 0.972 bits per heavy atom. The maximum atomic E-state index is 10.4. The van der Waals surface area contributed by atoms with Crippen LogP contribution >= 0.6 is 15.9 Å². The van der Waals surface area contributed by atoms with Gasteiger partial charge in [0.2, 0.25) is 0 Å². The lowest BCUT2D eigenvalue weighted by atomic mass is 10.1. The first kappa shape index (κ1) is 25.5. The molecule has 0 bridgehead atoms. The van der Waals surface area contributed by atoms with Crippen LogP contribution in [0.2, 0.25) is 0 Å². The average molecular weight is 545 g/mol. The van der Waals surface area contributed by atoms with E-state index in [0.717, 1.165) is 47.4 Å². The zero-order chi connectivity index (χ0) is 25.3. The number of rotatable bonds is 11. The number of pyridine rings is 1. The van der Waals surface area contributed by atoms with Crippen molar-refractivity contribution >= 4 is 15.9 Å². The zero-order valence-corrected chi connectivity index (χ0v) is 21.9. The van der Waals surface area contributed by atoms with Gasteiger partial charge >= 0.3 is 0 Å². The predicted octanol–water partition coefficient (Wildman–Crippen LogP) is 5.39. The van der Waals surface area contributed by atoms with E-state index in [0.29, 0.717) is 30.9 Å². The summed E-state index contributed by atoms with van der Waals surface area (Å²) in [5.74, 6) is 1.05. The molecule has 0 saturated carbocycles. The van der Waals surface area contributed by atoms with E-state index in [-0.39, 0.29) is 5.75 Å². The minimum absolute atomic E-state index is 0.208. The SMILES string of the molecule is Cc1ccc(O)c(CN(CCCCc2ccc(Br)cc2)Cc2nncn2Cc2ccc(C#N)cc2)n1. The molecule has 0 aliphatic heterocycles. The summed E-state index contributed by atoms with van der Waals surface area (Å²) in [5.41, 5.74) is 4.59. The molecule has 0 radical (unpaired) electrons. The molecule has 0 spiro atoms. The van der Waals surface area contributed by atoms with Gasteiger partial charge in [0.25, 0.3) is 0 Å². The molecule has 36 heavy (non-hydrogen) atoms. The number of nitrogens with zero attached hydrogens (tertiary/aromatic N) is 6. The highest BCUT2D eigenvalue weighted by Gasteiger charge is 2.15. The molecule has 0 saturated heterocycles. The zero-order valence-electron chi connectivity index (χ0n) is 20.3. The van der Waals surface area contributed by atoms with Gasteiger partial charge in [0, 0.05) is 16.7 Å². The molecule has 1 N–H and O–H groups in total. The summed E-state index contributed by atoms with van der Waals surface area (Å²) in [6.07, 6.45) is 4.82. The summed E-state index contributed by atoms with van der Waals surface area (Å²) in [6.45, 7) is 4.51. The second-order valence-corrected chi connectivity index (χ2v) is 9.81. The van der Waals surface area contributed by atoms with E-state index in [1.54, 1.807) is 12.4 Å². The summed E-state index contributed by atoms with van der Waals surface area (Å²) >= 11 is 3.49. The maximum Gasteiger partial charge on any atom is 0.147 e. The molecular formula is C28H29BrN6O. The van der Waals surface area contributed by atoms with Crippen molar-refractivity contribution in [3.05, 3.63) is 105 Å². The molecule has 4 rings (SSSR count). The molecule has 184 valence electrons. The minimum Gasteiger partial charge on any atom is -0.506 e. The molecule has 2 heterocycles. The van der Waals surface area contributed by atoms with Gasteiger partial charge < -0.3 is 9.67 Å². The highest BCUT2D eigenvalue weighted by Crippen LogP contribution is 2.19. The van der Waals surface area contributed by atoms with E-state index in [4.69, 9.17) is 5.26 Å². The molecule has 8 heteroatoms. The van der Waals surface area contributed by atoms with Gasteiger partial charge in [-0.3, -0.25) is 9.88 Å². The van der Waals surface area contributed by atoms with Crippen LogP contribution in [0.3, 0.4) is 0 Å². The largest absolute Gasteiger partial charge is 0.506 e. The van der Waals surface area contributed by atoms with Gasteiger partial charge in [-0.15, -0.1) is 10.2 Å². The van der Waals surface area contributed by atoms with E-state index < -0.39 is 0 Å². The van der Waals surface area contributed by atoms with Gasteiger partial charge in [-0.25, -0.2) is 0 Å². The van der Waals surface area contributed by atoms with Crippen molar-refractivity contribution in [2.75, 3.05) is 6.54 Å². The lowest BCUT2D eigenvalue weighted by Crippen LogP contribution is -2.26. The Morgan fingerprint density at radius 3 is 2.47 bits per heavy atom. The van der Waals surface area contributed by atoms with Crippen molar-refractivity contribution in [1.82, 2.24) is 24.6 Å². The van der Waals surface area contributed by atoms with Crippen LogP contribution in [0.5, 0.6) is 5.75 Å². The summed E-state index contributed by atoms with van der Waals surface area (Å²) in [6, 6.07) is 21.7. The van der Waals surface area contributed by atoms with Gasteiger partial charge in [0.15, 0.2) is 0 Å². The quantitative estimate of drug-likeness (QED) is 0.254. The van der Waals surface area contributed by atoms with Gasteiger partial charge in [0.1, 0.15) is 17.9 Å². The Bertz CT molecular complexity index is 1310. The molecule has 7 nitrogen and oxygen atoms in total. The smallest absolute Gasteiger partial charge is 0.147 e. The van der Waals surface area contributed by atoms with Gasteiger partial charge in [-0.2, -0.15) is 5.26 Å². The second kappa shape index (κ2) is 12.4. The molecule has 0 atom stereocenters. The van der Waals surface area contributed by atoms with Crippen molar-refractivity contribution in [2.45, 2.75) is 45.8 Å². The number of hydrogen-bond donors (Lipinski definition) is 1. The Labute approximate surface area is 220 Å². The van der Waals surface area contributed by atoms with Crippen LogP contribution in [0.4, 0.5) is 0 Å². The lowest BCUT2D eigenvalue weighted by molar-refractivity contribution is 0.235. The van der Waals surface area contributed by atoms with Crippen molar-refractivity contribution in [2.24, 2.45) is 0 Å². The standard InChI is InChI=1S/C28H29BrN6O/c1-21-5-14-27(36)26(32-21)18-34(15-3-2-4-22-10-12-25(29)13-11-22)19-28-33-31-20-35(28)17-24-8-6-23(16-30)7-9-24/h5-14,20,36H,2-4,15,17-19H2,1H3. The number of nitriles is 1. The van der Waals surface area contributed by atoms with Crippen molar-refractivity contribution in [3.8, 4) is 11.8 Å². The number of unbranched alkanes of at least 4 members (excludes halogenated alkanes) is 1. The Hall–Kier alpha value is -3.54. The van der Waals surface area contributed by atoms with Crippen LogP contribution in [-0.4, -0.2) is 36.3 Å². The third-order valence-electron chi connectivity index (χ3n) is 6.06. The van der Waals surface area contributed by atoms with Crippen molar-refractivity contribution in [3.63, 3.8) is 0 Å². The number of aromatic hydroxyl groups is 1. The highest BCUT2D eigenvalue weighted by molar-refractivity contribution is 9.10. The van der Waals surface area contributed by atoms with Crippen LogP contribution < -0.4 is 0 Å². The molecule has 2 aromatic carbocycles. The average Bonchev–Trinajstić information content (AvgIpc) is 3.31.